The highest BCUT2D eigenvalue weighted by Gasteiger charge is 2.25. The third kappa shape index (κ3) is 8.74. The lowest BCUT2D eigenvalue weighted by atomic mass is 10.1. The Bertz CT molecular complexity index is 305. The zero-order valence-electron chi connectivity index (χ0n) is 10.5. The Labute approximate surface area is 105 Å². The zero-order chi connectivity index (χ0) is 13.6. The predicted octanol–water partition coefficient (Wildman–Crippen LogP) is 1.70. The fourth-order valence-electron chi connectivity index (χ4n) is 1.02. The quantitative estimate of drug-likeness (QED) is 0.759. The minimum Gasteiger partial charge on any atom is -0.481 e. The largest absolute Gasteiger partial charge is 0.481 e. The maximum atomic E-state index is 11.4. The van der Waals surface area contributed by atoms with E-state index >= 15 is 0 Å². The molecular formula is C11H18O5S. The molecule has 0 aliphatic heterocycles. The van der Waals surface area contributed by atoms with Gasteiger partial charge in [-0.25, -0.2) is 0 Å². The summed E-state index contributed by atoms with van der Waals surface area (Å²) in [6.07, 6.45) is -0.215. The average molecular weight is 262 g/mol. The van der Waals surface area contributed by atoms with Crippen molar-refractivity contribution in [2.45, 2.75) is 39.7 Å². The lowest BCUT2D eigenvalue weighted by molar-refractivity contribution is -0.159. The van der Waals surface area contributed by atoms with Crippen molar-refractivity contribution in [1.29, 1.82) is 0 Å². The van der Waals surface area contributed by atoms with Gasteiger partial charge < -0.3 is 9.84 Å². The van der Waals surface area contributed by atoms with Crippen LogP contribution in [-0.2, 0) is 19.1 Å². The molecule has 0 radical (unpaired) electrons. The van der Waals surface area contributed by atoms with Gasteiger partial charge in [0.2, 0.25) is 0 Å². The van der Waals surface area contributed by atoms with Gasteiger partial charge in [0.25, 0.3) is 0 Å². The van der Waals surface area contributed by atoms with Gasteiger partial charge >= 0.3 is 11.9 Å². The Morgan fingerprint density at radius 2 is 1.82 bits per heavy atom. The Morgan fingerprint density at radius 3 is 2.18 bits per heavy atom. The summed E-state index contributed by atoms with van der Waals surface area (Å²) in [7, 11) is 0. The van der Waals surface area contributed by atoms with Crippen LogP contribution in [0.25, 0.3) is 0 Å². The van der Waals surface area contributed by atoms with Crippen LogP contribution in [0.5, 0.6) is 0 Å². The molecule has 0 aromatic heterocycles. The van der Waals surface area contributed by atoms with E-state index in [1.54, 1.807) is 20.8 Å². The molecule has 0 aromatic carbocycles. The number of hydrogen-bond acceptors (Lipinski definition) is 5. The van der Waals surface area contributed by atoms with E-state index < -0.39 is 23.5 Å². The Balaban J connectivity index is 4.30. The number of thioether (sulfide) groups is 1. The second-order valence-electron chi connectivity index (χ2n) is 4.63. The molecule has 0 saturated heterocycles. The van der Waals surface area contributed by atoms with E-state index in [1.165, 1.54) is 6.92 Å². The molecule has 0 saturated carbocycles. The van der Waals surface area contributed by atoms with Crippen LogP contribution < -0.4 is 0 Å². The van der Waals surface area contributed by atoms with Gasteiger partial charge in [-0.2, -0.15) is 0 Å². The van der Waals surface area contributed by atoms with Gasteiger partial charge in [0.05, 0.1) is 12.3 Å². The molecule has 17 heavy (non-hydrogen) atoms. The SMILES string of the molecule is CC(=O)SCC(CC(=O)OC(C)(C)C)C(=O)O. The lowest BCUT2D eigenvalue weighted by Gasteiger charge is -2.20. The highest BCUT2D eigenvalue weighted by atomic mass is 32.2. The van der Waals surface area contributed by atoms with Crippen molar-refractivity contribution in [3.05, 3.63) is 0 Å². The maximum Gasteiger partial charge on any atom is 0.307 e. The van der Waals surface area contributed by atoms with E-state index in [0.717, 1.165) is 11.8 Å². The summed E-state index contributed by atoms with van der Waals surface area (Å²) >= 11 is 0.900. The standard InChI is InChI=1S/C11H18O5S/c1-7(12)17-6-8(10(14)15)5-9(13)16-11(2,3)4/h8H,5-6H2,1-4H3,(H,14,15). The number of carboxylic acids is 1. The molecule has 6 heteroatoms. The van der Waals surface area contributed by atoms with Gasteiger partial charge in [-0.05, 0) is 20.8 Å². The van der Waals surface area contributed by atoms with Gasteiger partial charge in [0, 0.05) is 12.7 Å². The summed E-state index contributed by atoms with van der Waals surface area (Å²) in [6.45, 7) is 6.50. The smallest absolute Gasteiger partial charge is 0.307 e. The van der Waals surface area contributed by atoms with Gasteiger partial charge in [-0.15, -0.1) is 0 Å². The number of carboxylic acid groups (broad SMARTS) is 1. The Morgan fingerprint density at radius 1 is 1.29 bits per heavy atom. The first-order chi connectivity index (χ1) is 7.61. The van der Waals surface area contributed by atoms with E-state index in [2.05, 4.69) is 0 Å². The third-order valence-electron chi connectivity index (χ3n) is 1.67. The molecule has 0 rings (SSSR count). The van der Waals surface area contributed by atoms with Crippen LogP contribution in [0.15, 0.2) is 0 Å². The van der Waals surface area contributed by atoms with Crippen molar-refractivity contribution < 1.29 is 24.2 Å². The summed E-state index contributed by atoms with van der Waals surface area (Å²) in [6, 6.07) is 0. The van der Waals surface area contributed by atoms with E-state index in [0.29, 0.717) is 0 Å². The first-order valence-electron chi connectivity index (χ1n) is 5.20. The number of carbonyl (C=O) groups excluding carboxylic acids is 2. The van der Waals surface area contributed by atoms with Gasteiger partial charge in [0.1, 0.15) is 5.60 Å². The predicted molar refractivity (Wildman–Crippen MR) is 64.7 cm³/mol. The van der Waals surface area contributed by atoms with E-state index in [1.807, 2.05) is 0 Å². The molecule has 98 valence electrons. The van der Waals surface area contributed by atoms with Gasteiger partial charge in [0.15, 0.2) is 5.12 Å². The molecular weight excluding hydrogens is 244 g/mol. The minimum atomic E-state index is -1.09. The van der Waals surface area contributed by atoms with E-state index in [-0.39, 0.29) is 17.3 Å². The number of carbonyl (C=O) groups is 3. The number of esters is 1. The van der Waals surface area contributed by atoms with Crippen LogP contribution in [0.3, 0.4) is 0 Å². The number of aliphatic carboxylic acids is 1. The zero-order valence-corrected chi connectivity index (χ0v) is 11.3. The van der Waals surface area contributed by atoms with Crippen LogP contribution >= 0.6 is 11.8 Å². The topological polar surface area (TPSA) is 80.7 Å². The minimum absolute atomic E-state index is 0.0872. The second-order valence-corrected chi connectivity index (χ2v) is 5.83. The highest BCUT2D eigenvalue weighted by molar-refractivity contribution is 8.13. The Kier molecular flexibility index (Phi) is 6.23. The van der Waals surface area contributed by atoms with Crippen LogP contribution in [0.2, 0.25) is 0 Å². The van der Waals surface area contributed by atoms with Crippen LogP contribution in [-0.4, -0.2) is 33.5 Å². The molecule has 0 aliphatic carbocycles. The molecule has 1 N–H and O–H groups in total. The van der Waals surface area contributed by atoms with Crippen LogP contribution in [0.4, 0.5) is 0 Å². The molecule has 1 atom stereocenters. The van der Waals surface area contributed by atoms with Crippen molar-refractivity contribution in [3.63, 3.8) is 0 Å². The average Bonchev–Trinajstić information content (AvgIpc) is 2.08. The van der Waals surface area contributed by atoms with E-state index in [4.69, 9.17) is 9.84 Å². The van der Waals surface area contributed by atoms with Gasteiger partial charge in [-0.1, -0.05) is 11.8 Å². The fraction of sp³-hybridized carbons (Fsp3) is 0.727. The molecule has 0 bridgehead atoms. The van der Waals surface area contributed by atoms with Crippen LogP contribution in [0, 0.1) is 5.92 Å². The first-order valence-corrected chi connectivity index (χ1v) is 6.18. The summed E-state index contributed by atoms with van der Waals surface area (Å²) in [5, 5.41) is 8.73. The van der Waals surface area contributed by atoms with Crippen molar-refractivity contribution in [2.24, 2.45) is 5.92 Å². The normalized spacial score (nSPS) is 12.9. The summed E-state index contributed by atoms with van der Waals surface area (Å²) in [5.41, 5.74) is -0.631. The maximum absolute atomic E-state index is 11.4. The highest BCUT2D eigenvalue weighted by Crippen LogP contribution is 2.16. The van der Waals surface area contributed by atoms with Crippen molar-refractivity contribution in [1.82, 2.24) is 0 Å². The number of hydrogen-bond donors (Lipinski definition) is 1. The summed E-state index contributed by atoms with van der Waals surface area (Å²) < 4.78 is 5.03. The fourth-order valence-corrected chi connectivity index (χ4v) is 1.72. The lowest BCUT2D eigenvalue weighted by Crippen LogP contribution is -2.28. The molecule has 1 unspecified atom stereocenters. The third-order valence-corrected chi connectivity index (χ3v) is 2.65. The van der Waals surface area contributed by atoms with E-state index in [9.17, 15) is 14.4 Å². The van der Waals surface area contributed by atoms with Crippen molar-refractivity contribution >= 4 is 28.8 Å². The first kappa shape index (κ1) is 16.0. The molecule has 0 fully saturated rings. The second kappa shape index (κ2) is 6.64. The number of ether oxygens (including phenoxy) is 1. The summed E-state index contributed by atoms with van der Waals surface area (Å²) in [5.74, 6) is -2.46. The van der Waals surface area contributed by atoms with Crippen molar-refractivity contribution in [3.8, 4) is 0 Å². The molecule has 0 heterocycles. The molecule has 5 nitrogen and oxygen atoms in total. The molecule has 0 spiro atoms. The molecule has 0 aliphatic rings. The van der Waals surface area contributed by atoms with Crippen LogP contribution in [0.1, 0.15) is 34.1 Å². The van der Waals surface area contributed by atoms with Crippen molar-refractivity contribution in [2.75, 3.05) is 5.75 Å². The summed E-state index contributed by atoms with van der Waals surface area (Å²) in [4.78, 5) is 33.1. The molecule has 0 amide bonds. The monoisotopic (exact) mass is 262 g/mol. The Hall–Kier alpha value is -1.04. The van der Waals surface area contributed by atoms with Gasteiger partial charge in [-0.3, -0.25) is 14.4 Å². The number of rotatable bonds is 5. The molecule has 0 aromatic rings.